The molecule has 1 fully saturated rings. The normalized spacial score (nSPS) is 18.8. The van der Waals surface area contributed by atoms with Crippen molar-refractivity contribution in [1.29, 1.82) is 0 Å². The van der Waals surface area contributed by atoms with Crippen molar-refractivity contribution in [3.8, 4) is 0 Å². The quantitative estimate of drug-likeness (QED) is 0.829. The van der Waals surface area contributed by atoms with Crippen molar-refractivity contribution >= 4 is 11.7 Å². The second-order valence-corrected chi connectivity index (χ2v) is 4.77. The van der Waals surface area contributed by atoms with Crippen molar-refractivity contribution in [1.82, 2.24) is 4.98 Å². The van der Waals surface area contributed by atoms with E-state index in [9.17, 15) is 4.79 Å². The number of carbonyl (C=O) groups is 1. The number of aromatic nitrogens is 1. The van der Waals surface area contributed by atoms with Crippen molar-refractivity contribution in [3.05, 3.63) is 24.0 Å². The molecule has 2 rings (SSSR count). The van der Waals surface area contributed by atoms with E-state index in [0.29, 0.717) is 0 Å². The minimum absolute atomic E-state index is 0.108. The molecule has 0 aromatic carbocycles. The Morgan fingerprint density at radius 2 is 2.31 bits per heavy atom. The zero-order valence-electron chi connectivity index (χ0n) is 9.60. The van der Waals surface area contributed by atoms with Gasteiger partial charge in [0.05, 0.1) is 0 Å². The second kappa shape index (κ2) is 3.77. The number of pyridine rings is 1. The van der Waals surface area contributed by atoms with Crippen LogP contribution in [0.1, 0.15) is 37.2 Å². The van der Waals surface area contributed by atoms with Crippen molar-refractivity contribution < 1.29 is 9.90 Å². The van der Waals surface area contributed by atoms with E-state index in [1.807, 2.05) is 6.07 Å². The van der Waals surface area contributed by atoms with Crippen LogP contribution in [0.2, 0.25) is 0 Å². The van der Waals surface area contributed by atoms with Gasteiger partial charge >= 0.3 is 5.97 Å². The first-order valence-electron chi connectivity index (χ1n) is 5.48. The van der Waals surface area contributed by atoms with E-state index in [1.165, 1.54) is 0 Å². The Hall–Kier alpha value is -1.58. The first-order valence-corrected chi connectivity index (χ1v) is 5.48. The molecule has 0 atom stereocenters. The summed E-state index contributed by atoms with van der Waals surface area (Å²) in [4.78, 5) is 16.9. The Morgan fingerprint density at radius 1 is 1.56 bits per heavy atom. The number of aromatic carboxylic acids is 1. The van der Waals surface area contributed by atoms with E-state index in [-0.39, 0.29) is 11.2 Å². The zero-order chi connectivity index (χ0) is 11.8. The molecule has 86 valence electrons. The van der Waals surface area contributed by atoms with E-state index in [0.717, 1.165) is 25.1 Å². The monoisotopic (exact) mass is 220 g/mol. The van der Waals surface area contributed by atoms with Gasteiger partial charge in [0.1, 0.15) is 5.69 Å². The van der Waals surface area contributed by atoms with Gasteiger partial charge in [-0.25, -0.2) is 9.78 Å². The van der Waals surface area contributed by atoms with Gasteiger partial charge in [0.15, 0.2) is 0 Å². The molecule has 1 aromatic heterocycles. The van der Waals surface area contributed by atoms with Crippen molar-refractivity contribution in [3.63, 3.8) is 0 Å². The van der Waals surface area contributed by atoms with E-state index in [1.54, 1.807) is 12.3 Å². The molecule has 0 radical (unpaired) electrons. The first-order chi connectivity index (χ1) is 7.50. The molecule has 0 bridgehead atoms. The molecule has 0 spiro atoms. The number of carboxylic acid groups (broad SMARTS) is 1. The fourth-order valence-corrected chi connectivity index (χ4v) is 2.29. The average Bonchev–Trinajstić information content (AvgIpc) is 2.58. The highest BCUT2D eigenvalue weighted by atomic mass is 16.4. The van der Waals surface area contributed by atoms with E-state index in [4.69, 9.17) is 5.11 Å². The molecule has 1 aliphatic rings. The standard InChI is InChI=1S/C12H16N2O2/c1-12(2)5-3-7-14(12)9-4-6-13-10(8-9)11(15)16/h4,6,8H,3,5,7H2,1-2H3,(H,15,16). The van der Waals surface area contributed by atoms with Crippen LogP contribution in [0.4, 0.5) is 5.69 Å². The summed E-state index contributed by atoms with van der Waals surface area (Å²) < 4.78 is 0. The van der Waals surface area contributed by atoms with Gasteiger partial charge in [-0.2, -0.15) is 0 Å². The van der Waals surface area contributed by atoms with Crippen molar-refractivity contribution in [2.75, 3.05) is 11.4 Å². The summed E-state index contributed by atoms with van der Waals surface area (Å²) in [6, 6.07) is 3.52. The fourth-order valence-electron chi connectivity index (χ4n) is 2.29. The summed E-state index contributed by atoms with van der Waals surface area (Å²) in [5, 5.41) is 8.90. The van der Waals surface area contributed by atoms with Gasteiger partial charge < -0.3 is 10.0 Å². The van der Waals surface area contributed by atoms with Gasteiger partial charge in [-0.1, -0.05) is 0 Å². The summed E-state index contributed by atoms with van der Waals surface area (Å²) in [6.07, 6.45) is 3.85. The van der Waals surface area contributed by atoms with Crippen LogP contribution in [0.5, 0.6) is 0 Å². The molecule has 1 aliphatic heterocycles. The molecule has 1 aromatic rings. The molecular formula is C12H16N2O2. The van der Waals surface area contributed by atoms with Gasteiger partial charge in [-0.3, -0.25) is 0 Å². The first kappa shape index (κ1) is 10.9. The van der Waals surface area contributed by atoms with Crippen LogP contribution in [-0.4, -0.2) is 28.1 Å². The largest absolute Gasteiger partial charge is 0.477 e. The lowest BCUT2D eigenvalue weighted by molar-refractivity contribution is 0.0690. The van der Waals surface area contributed by atoms with Crippen LogP contribution in [0.15, 0.2) is 18.3 Å². The number of nitrogens with zero attached hydrogens (tertiary/aromatic N) is 2. The number of hydrogen-bond donors (Lipinski definition) is 1. The van der Waals surface area contributed by atoms with E-state index >= 15 is 0 Å². The molecule has 0 saturated carbocycles. The Bertz CT molecular complexity index is 415. The molecule has 0 amide bonds. The van der Waals surface area contributed by atoms with Crippen LogP contribution < -0.4 is 4.90 Å². The summed E-state index contributed by atoms with van der Waals surface area (Å²) in [5.41, 5.74) is 1.17. The molecule has 2 heterocycles. The number of carboxylic acids is 1. The van der Waals surface area contributed by atoms with Crippen LogP contribution >= 0.6 is 0 Å². The van der Waals surface area contributed by atoms with E-state index < -0.39 is 5.97 Å². The maximum Gasteiger partial charge on any atom is 0.354 e. The molecular weight excluding hydrogens is 204 g/mol. The summed E-state index contributed by atoms with van der Waals surface area (Å²) in [5.74, 6) is -0.973. The van der Waals surface area contributed by atoms with Crippen LogP contribution in [0, 0.1) is 0 Å². The molecule has 1 N–H and O–H groups in total. The third-order valence-corrected chi connectivity index (χ3v) is 3.18. The van der Waals surface area contributed by atoms with Crippen LogP contribution in [0.3, 0.4) is 0 Å². The molecule has 4 nitrogen and oxygen atoms in total. The van der Waals surface area contributed by atoms with Gasteiger partial charge in [0.2, 0.25) is 0 Å². The van der Waals surface area contributed by atoms with Crippen molar-refractivity contribution in [2.45, 2.75) is 32.2 Å². The predicted molar refractivity (Wildman–Crippen MR) is 61.9 cm³/mol. The Morgan fingerprint density at radius 3 is 2.88 bits per heavy atom. The summed E-state index contributed by atoms with van der Waals surface area (Å²) in [6.45, 7) is 5.35. The van der Waals surface area contributed by atoms with Gasteiger partial charge in [0, 0.05) is 24.0 Å². The Balaban J connectivity index is 2.34. The minimum Gasteiger partial charge on any atom is -0.477 e. The maximum atomic E-state index is 10.8. The maximum absolute atomic E-state index is 10.8. The summed E-state index contributed by atoms with van der Waals surface area (Å²) in [7, 11) is 0. The average molecular weight is 220 g/mol. The molecule has 4 heteroatoms. The van der Waals surface area contributed by atoms with Gasteiger partial charge in [0.25, 0.3) is 0 Å². The lowest BCUT2D eigenvalue weighted by Gasteiger charge is -2.33. The highest BCUT2D eigenvalue weighted by Gasteiger charge is 2.32. The lowest BCUT2D eigenvalue weighted by atomic mass is 10.0. The van der Waals surface area contributed by atoms with Crippen LogP contribution in [-0.2, 0) is 0 Å². The molecule has 16 heavy (non-hydrogen) atoms. The molecule has 0 unspecified atom stereocenters. The van der Waals surface area contributed by atoms with Crippen molar-refractivity contribution in [2.24, 2.45) is 0 Å². The number of rotatable bonds is 2. The summed E-state index contributed by atoms with van der Waals surface area (Å²) >= 11 is 0. The lowest BCUT2D eigenvalue weighted by Crippen LogP contribution is -2.38. The minimum atomic E-state index is -0.973. The third-order valence-electron chi connectivity index (χ3n) is 3.18. The third kappa shape index (κ3) is 1.87. The number of anilines is 1. The smallest absolute Gasteiger partial charge is 0.354 e. The molecule has 1 saturated heterocycles. The van der Waals surface area contributed by atoms with E-state index in [2.05, 4.69) is 23.7 Å². The zero-order valence-corrected chi connectivity index (χ0v) is 9.60. The topological polar surface area (TPSA) is 53.4 Å². The van der Waals surface area contributed by atoms with Crippen LogP contribution in [0.25, 0.3) is 0 Å². The second-order valence-electron chi connectivity index (χ2n) is 4.77. The fraction of sp³-hybridized carbons (Fsp3) is 0.500. The predicted octanol–water partition coefficient (Wildman–Crippen LogP) is 2.16. The Labute approximate surface area is 94.9 Å². The van der Waals surface area contributed by atoms with Gasteiger partial charge in [-0.05, 0) is 38.8 Å². The SMILES string of the molecule is CC1(C)CCCN1c1ccnc(C(=O)O)c1. The van der Waals surface area contributed by atoms with Gasteiger partial charge in [-0.15, -0.1) is 0 Å². The Kier molecular flexibility index (Phi) is 2.58. The highest BCUT2D eigenvalue weighted by Crippen LogP contribution is 2.33. The molecule has 0 aliphatic carbocycles. The number of hydrogen-bond acceptors (Lipinski definition) is 3. The highest BCUT2D eigenvalue weighted by molar-refractivity contribution is 5.86.